The number of anilines is 1. The number of hydrogen-bond donors (Lipinski definition) is 1. The Kier molecular flexibility index (Phi) is 4.04. The van der Waals surface area contributed by atoms with Crippen LogP contribution in [-0.2, 0) is 0 Å². The Morgan fingerprint density at radius 2 is 2.00 bits per heavy atom. The van der Waals surface area contributed by atoms with Crippen molar-refractivity contribution in [1.82, 2.24) is 9.97 Å². The minimum absolute atomic E-state index is 0.268. The van der Waals surface area contributed by atoms with Crippen molar-refractivity contribution >= 4 is 21.7 Å². The van der Waals surface area contributed by atoms with Gasteiger partial charge in [0.25, 0.3) is 0 Å². The summed E-state index contributed by atoms with van der Waals surface area (Å²) in [6, 6.07) is 7.63. The maximum Gasteiger partial charge on any atom is 0.161 e. The molecule has 1 aromatic carbocycles. The number of benzene rings is 1. The predicted octanol–water partition coefficient (Wildman–Crippen LogP) is 3.62. The SMILES string of the molecule is COc1cccc(-c2nc(N)c(Br)c(C(C)C)n2)c1. The van der Waals surface area contributed by atoms with Gasteiger partial charge in [0, 0.05) is 5.56 Å². The molecule has 1 aromatic heterocycles. The molecule has 0 fully saturated rings. The van der Waals surface area contributed by atoms with E-state index in [2.05, 4.69) is 39.7 Å². The van der Waals surface area contributed by atoms with E-state index in [1.807, 2.05) is 24.3 Å². The van der Waals surface area contributed by atoms with Crippen LogP contribution in [0, 0.1) is 0 Å². The van der Waals surface area contributed by atoms with Gasteiger partial charge in [0.2, 0.25) is 0 Å². The zero-order chi connectivity index (χ0) is 14.0. The second kappa shape index (κ2) is 5.57. The quantitative estimate of drug-likeness (QED) is 0.937. The van der Waals surface area contributed by atoms with E-state index in [0.29, 0.717) is 11.6 Å². The first-order chi connectivity index (χ1) is 9.02. The van der Waals surface area contributed by atoms with Crippen LogP contribution in [0.4, 0.5) is 5.82 Å². The monoisotopic (exact) mass is 321 g/mol. The molecule has 0 unspecified atom stereocenters. The Morgan fingerprint density at radius 1 is 1.26 bits per heavy atom. The number of nitrogens with two attached hydrogens (primary N) is 1. The van der Waals surface area contributed by atoms with Crippen LogP contribution in [0.3, 0.4) is 0 Å². The van der Waals surface area contributed by atoms with Gasteiger partial charge in [-0.25, -0.2) is 9.97 Å². The van der Waals surface area contributed by atoms with Gasteiger partial charge in [-0.2, -0.15) is 0 Å². The molecule has 0 amide bonds. The standard InChI is InChI=1S/C14H16BrN3O/c1-8(2)12-11(15)13(16)18-14(17-12)9-5-4-6-10(7-9)19-3/h4-8H,1-3H3,(H2,16,17,18). The summed E-state index contributed by atoms with van der Waals surface area (Å²) in [7, 11) is 1.63. The van der Waals surface area contributed by atoms with Gasteiger partial charge in [-0.3, -0.25) is 0 Å². The molecular formula is C14H16BrN3O. The highest BCUT2D eigenvalue weighted by Crippen LogP contribution is 2.30. The number of methoxy groups -OCH3 is 1. The van der Waals surface area contributed by atoms with E-state index in [1.165, 1.54) is 0 Å². The van der Waals surface area contributed by atoms with Gasteiger partial charge < -0.3 is 10.5 Å². The Labute approximate surface area is 121 Å². The first-order valence-corrected chi connectivity index (χ1v) is 6.79. The van der Waals surface area contributed by atoms with Crippen molar-refractivity contribution < 1.29 is 4.74 Å². The fourth-order valence-corrected chi connectivity index (χ4v) is 2.39. The summed E-state index contributed by atoms with van der Waals surface area (Å²) in [5, 5.41) is 0. The molecule has 0 spiro atoms. The molecule has 0 bridgehead atoms. The van der Waals surface area contributed by atoms with Crippen molar-refractivity contribution in [2.75, 3.05) is 12.8 Å². The Hall–Kier alpha value is -1.62. The van der Waals surface area contributed by atoms with Crippen LogP contribution in [0.5, 0.6) is 5.75 Å². The number of nitrogens with zero attached hydrogens (tertiary/aromatic N) is 2. The highest BCUT2D eigenvalue weighted by atomic mass is 79.9. The van der Waals surface area contributed by atoms with E-state index < -0.39 is 0 Å². The molecule has 0 aliphatic rings. The Morgan fingerprint density at radius 3 is 2.63 bits per heavy atom. The molecule has 0 radical (unpaired) electrons. The normalized spacial score (nSPS) is 10.8. The van der Waals surface area contributed by atoms with Crippen LogP contribution in [0.2, 0.25) is 0 Å². The third-order valence-corrected chi connectivity index (χ3v) is 3.59. The summed E-state index contributed by atoms with van der Waals surface area (Å²) in [6.45, 7) is 4.14. The van der Waals surface area contributed by atoms with Gasteiger partial charge in [-0.1, -0.05) is 26.0 Å². The van der Waals surface area contributed by atoms with E-state index in [-0.39, 0.29) is 5.92 Å². The summed E-state index contributed by atoms with van der Waals surface area (Å²) < 4.78 is 5.98. The zero-order valence-electron chi connectivity index (χ0n) is 11.1. The minimum atomic E-state index is 0.268. The van der Waals surface area contributed by atoms with E-state index in [0.717, 1.165) is 21.5 Å². The molecular weight excluding hydrogens is 306 g/mol. The van der Waals surface area contributed by atoms with Gasteiger partial charge in [-0.15, -0.1) is 0 Å². The molecule has 0 saturated heterocycles. The number of ether oxygens (including phenoxy) is 1. The van der Waals surface area contributed by atoms with Crippen LogP contribution in [0.1, 0.15) is 25.5 Å². The van der Waals surface area contributed by atoms with Crippen molar-refractivity contribution in [3.05, 3.63) is 34.4 Å². The largest absolute Gasteiger partial charge is 0.497 e. The first-order valence-electron chi connectivity index (χ1n) is 6.00. The van der Waals surface area contributed by atoms with Gasteiger partial charge >= 0.3 is 0 Å². The van der Waals surface area contributed by atoms with Crippen LogP contribution < -0.4 is 10.5 Å². The van der Waals surface area contributed by atoms with E-state index in [1.54, 1.807) is 7.11 Å². The lowest BCUT2D eigenvalue weighted by atomic mass is 10.1. The fourth-order valence-electron chi connectivity index (χ4n) is 1.76. The predicted molar refractivity (Wildman–Crippen MR) is 80.2 cm³/mol. The number of halogens is 1. The van der Waals surface area contributed by atoms with Crippen molar-refractivity contribution in [2.24, 2.45) is 0 Å². The summed E-state index contributed by atoms with van der Waals surface area (Å²) >= 11 is 3.44. The maximum atomic E-state index is 5.94. The smallest absolute Gasteiger partial charge is 0.161 e. The lowest BCUT2D eigenvalue weighted by Crippen LogP contribution is -2.04. The molecule has 2 N–H and O–H groups in total. The van der Waals surface area contributed by atoms with Gasteiger partial charge in [-0.05, 0) is 34.0 Å². The number of nitrogen functional groups attached to an aromatic ring is 1. The lowest BCUT2D eigenvalue weighted by molar-refractivity contribution is 0.415. The van der Waals surface area contributed by atoms with Crippen LogP contribution in [0.25, 0.3) is 11.4 Å². The molecule has 0 atom stereocenters. The highest BCUT2D eigenvalue weighted by Gasteiger charge is 2.14. The fraction of sp³-hybridized carbons (Fsp3) is 0.286. The summed E-state index contributed by atoms with van der Waals surface area (Å²) in [4.78, 5) is 8.91. The summed E-state index contributed by atoms with van der Waals surface area (Å²) in [5.74, 6) is 2.11. The number of aromatic nitrogens is 2. The second-order valence-corrected chi connectivity index (χ2v) is 5.31. The molecule has 0 aliphatic heterocycles. The average Bonchev–Trinajstić information content (AvgIpc) is 2.41. The van der Waals surface area contributed by atoms with Crippen molar-refractivity contribution in [3.63, 3.8) is 0 Å². The van der Waals surface area contributed by atoms with Crippen LogP contribution >= 0.6 is 15.9 Å². The van der Waals surface area contributed by atoms with Crippen molar-refractivity contribution in [2.45, 2.75) is 19.8 Å². The third kappa shape index (κ3) is 2.87. The van der Waals surface area contributed by atoms with Gasteiger partial charge in [0.1, 0.15) is 11.6 Å². The molecule has 19 heavy (non-hydrogen) atoms. The molecule has 5 heteroatoms. The van der Waals surface area contributed by atoms with E-state index in [4.69, 9.17) is 10.5 Å². The zero-order valence-corrected chi connectivity index (χ0v) is 12.7. The lowest BCUT2D eigenvalue weighted by Gasteiger charge is -2.12. The average molecular weight is 322 g/mol. The number of rotatable bonds is 3. The third-order valence-electron chi connectivity index (χ3n) is 2.78. The van der Waals surface area contributed by atoms with Crippen molar-refractivity contribution in [1.29, 1.82) is 0 Å². The second-order valence-electron chi connectivity index (χ2n) is 4.52. The molecule has 1 heterocycles. The van der Waals surface area contributed by atoms with Gasteiger partial charge in [0.15, 0.2) is 5.82 Å². The minimum Gasteiger partial charge on any atom is -0.497 e. The molecule has 4 nitrogen and oxygen atoms in total. The van der Waals surface area contributed by atoms with Crippen molar-refractivity contribution in [3.8, 4) is 17.1 Å². The van der Waals surface area contributed by atoms with Crippen LogP contribution in [0.15, 0.2) is 28.7 Å². The first kappa shape index (κ1) is 13.8. The highest BCUT2D eigenvalue weighted by molar-refractivity contribution is 9.10. The molecule has 2 aromatic rings. The Bertz CT molecular complexity index is 599. The Balaban J connectivity index is 2.56. The van der Waals surface area contributed by atoms with E-state index in [9.17, 15) is 0 Å². The summed E-state index contributed by atoms with van der Waals surface area (Å²) in [6.07, 6.45) is 0. The van der Waals surface area contributed by atoms with E-state index >= 15 is 0 Å². The molecule has 0 saturated carbocycles. The van der Waals surface area contributed by atoms with Crippen LogP contribution in [-0.4, -0.2) is 17.1 Å². The topological polar surface area (TPSA) is 61.0 Å². The molecule has 0 aliphatic carbocycles. The molecule has 100 valence electrons. The van der Waals surface area contributed by atoms with Gasteiger partial charge in [0.05, 0.1) is 17.3 Å². The molecule has 2 rings (SSSR count). The maximum absolute atomic E-state index is 5.94. The summed E-state index contributed by atoms with van der Waals surface area (Å²) in [5.41, 5.74) is 7.73. The number of hydrogen-bond acceptors (Lipinski definition) is 4.